The standard InChI is InChI=1S/C18H26N6O3/c1-18(2,3)13-6-4-5-7-14(13)27-12-10-24(11-12)16(26)9-8-15(25)19-17-20-22-23-21-17/h4-7,12,22-23H,8-11H2,1-3H3,(H2,19,20,21,25). The highest BCUT2D eigenvalue weighted by atomic mass is 16.5. The van der Waals surface area contributed by atoms with Crippen molar-refractivity contribution >= 4 is 17.8 Å². The fourth-order valence-electron chi connectivity index (χ4n) is 2.92. The van der Waals surface area contributed by atoms with Crippen LogP contribution in [0, 0.1) is 0 Å². The molecule has 2 aliphatic heterocycles. The zero-order valence-electron chi connectivity index (χ0n) is 15.8. The van der Waals surface area contributed by atoms with Crippen molar-refractivity contribution in [2.24, 2.45) is 5.10 Å². The van der Waals surface area contributed by atoms with E-state index in [1.807, 2.05) is 18.2 Å². The molecule has 1 fully saturated rings. The second kappa shape index (κ2) is 7.83. The van der Waals surface area contributed by atoms with Gasteiger partial charge in [-0.05, 0) is 17.0 Å². The number of benzene rings is 1. The van der Waals surface area contributed by atoms with Gasteiger partial charge in [0.1, 0.15) is 11.9 Å². The summed E-state index contributed by atoms with van der Waals surface area (Å²) in [6.07, 6.45) is 0.250. The van der Waals surface area contributed by atoms with Crippen LogP contribution >= 0.6 is 0 Å². The molecule has 146 valence electrons. The quantitative estimate of drug-likeness (QED) is 0.593. The van der Waals surface area contributed by atoms with Crippen LogP contribution in [-0.4, -0.2) is 41.9 Å². The lowest BCUT2D eigenvalue weighted by molar-refractivity contribution is -0.141. The third-order valence-electron chi connectivity index (χ3n) is 4.42. The van der Waals surface area contributed by atoms with Crippen molar-refractivity contribution in [2.75, 3.05) is 13.1 Å². The molecular weight excluding hydrogens is 348 g/mol. The molecule has 1 aromatic rings. The minimum atomic E-state index is -0.271. The van der Waals surface area contributed by atoms with Crippen LogP contribution in [0.25, 0.3) is 0 Å². The van der Waals surface area contributed by atoms with E-state index in [0.29, 0.717) is 13.1 Å². The Hall–Kier alpha value is -2.81. The highest BCUT2D eigenvalue weighted by molar-refractivity contribution is 5.98. The Bertz CT molecular complexity index is 737. The number of nitrogens with zero attached hydrogens (tertiary/aromatic N) is 2. The van der Waals surface area contributed by atoms with Crippen LogP contribution in [0.2, 0.25) is 0 Å². The van der Waals surface area contributed by atoms with Gasteiger partial charge in [0, 0.05) is 12.8 Å². The maximum absolute atomic E-state index is 12.2. The summed E-state index contributed by atoms with van der Waals surface area (Å²) in [5, 5.41) is 6.29. The van der Waals surface area contributed by atoms with Crippen molar-refractivity contribution in [3.8, 4) is 5.75 Å². The minimum Gasteiger partial charge on any atom is -0.486 e. The highest BCUT2D eigenvalue weighted by Gasteiger charge is 2.33. The molecule has 2 aliphatic rings. The first-order chi connectivity index (χ1) is 12.8. The van der Waals surface area contributed by atoms with Crippen LogP contribution in [0.3, 0.4) is 0 Å². The summed E-state index contributed by atoms with van der Waals surface area (Å²) < 4.78 is 6.09. The molecule has 0 saturated carbocycles. The Morgan fingerprint density at radius 1 is 1.26 bits per heavy atom. The van der Waals surface area contributed by atoms with Gasteiger partial charge in [-0.2, -0.15) is 0 Å². The molecule has 0 spiro atoms. The molecule has 1 aromatic carbocycles. The van der Waals surface area contributed by atoms with Crippen LogP contribution in [0.5, 0.6) is 5.75 Å². The molecule has 2 amide bonds. The van der Waals surface area contributed by atoms with Crippen molar-refractivity contribution in [2.45, 2.75) is 45.1 Å². The lowest BCUT2D eigenvalue weighted by atomic mass is 9.86. The van der Waals surface area contributed by atoms with Gasteiger partial charge in [-0.1, -0.05) is 39.0 Å². The number of nitrogens with one attached hydrogen (secondary N) is 4. The van der Waals surface area contributed by atoms with E-state index < -0.39 is 0 Å². The summed E-state index contributed by atoms with van der Waals surface area (Å²) in [6, 6.07) is 8.01. The van der Waals surface area contributed by atoms with Crippen LogP contribution in [0.15, 0.2) is 29.4 Å². The predicted molar refractivity (Wildman–Crippen MR) is 100 cm³/mol. The SMILES string of the molecule is CC(C)(C)c1ccccc1OC1CN(C(=O)CCC(=O)NC2=NNNN2)C1. The second-order valence-electron chi connectivity index (χ2n) is 7.66. The first-order valence-corrected chi connectivity index (χ1v) is 9.00. The van der Waals surface area contributed by atoms with Gasteiger partial charge >= 0.3 is 0 Å². The number of hydrogen-bond acceptors (Lipinski definition) is 7. The predicted octanol–water partition coefficient (Wildman–Crippen LogP) is 0.354. The van der Waals surface area contributed by atoms with Gasteiger partial charge in [0.15, 0.2) is 0 Å². The summed E-state index contributed by atoms with van der Waals surface area (Å²) in [5.41, 5.74) is 8.70. The minimum absolute atomic E-state index is 0.00722. The zero-order valence-corrected chi connectivity index (χ0v) is 15.8. The number of likely N-dealkylation sites (tertiary alicyclic amines) is 1. The van der Waals surface area contributed by atoms with E-state index in [9.17, 15) is 9.59 Å². The van der Waals surface area contributed by atoms with Crippen molar-refractivity contribution in [1.29, 1.82) is 0 Å². The van der Waals surface area contributed by atoms with Crippen LogP contribution in [-0.2, 0) is 15.0 Å². The smallest absolute Gasteiger partial charge is 0.237 e. The fraction of sp³-hybridized carbons (Fsp3) is 0.500. The monoisotopic (exact) mass is 374 g/mol. The number of hydrazine groups is 2. The van der Waals surface area contributed by atoms with Crippen molar-refractivity contribution in [3.63, 3.8) is 0 Å². The summed E-state index contributed by atoms with van der Waals surface area (Å²) in [7, 11) is 0. The van der Waals surface area contributed by atoms with Crippen LogP contribution in [0.1, 0.15) is 39.2 Å². The number of guanidine groups is 1. The Morgan fingerprint density at radius 2 is 2.00 bits per heavy atom. The van der Waals surface area contributed by atoms with Crippen molar-refractivity contribution in [3.05, 3.63) is 29.8 Å². The van der Waals surface area contributed by atoms with E-state index in [2.05, 4.69) is 53.8 Å². The average Bonchev–Trinajstić information content (AvgIpc) is 3.08. The molecule has 9 nitrogen and oxygen atoms in total. The summed E-state index contributed by atoms with van der Waals surface area (Å²) >= 11 is 0. The highest BCUT2D eigenvalue weighted by Crippen LogP contribution is 2.32. The van der Waals surface area contributed by atoms with Crippen molar-refractivity contribution in [1.82, 2.24) is 26.7 Å². The molecule has 0 atom stereocenters. The maximum Gasteiger partial charge on any atom is 0.237 e. The number of amides is 2. The number of carbonyl (C=O) groups is 2. The van der Waals surface area contributed by atoms with E-state index >= 15 is 0 Å². The fourth-order valence-corrected chi connectivity index (χ4v) is 2.92. The van der Waals surface area contributed by atoms with Gasteiger partial charge in [0.25, 0.3) is 0 Å². The average molecular weight is 374 g/mol. The first kappa shape index (κ1) is 19.0. The molecule has 9 heteroatoms. The zero-order chi connectivity index (χ0) is 19.4. The maximum atomic E-state index is 12.2. The van der Waals surface area contributed by atoms with Gasteiger partial charge in [0.05, 0.1) is 13.1 Å². The summed E-state index contributed by atoms with van der Waals surface area (Å²) in [5.74, 6) is 0.829. The molecule has 0 bridgehead atoms. The molecule has 0 aromatic heterocycles. The molecule has 0 radical (unpaired) electrons. The van der Waals surface area contributed by atoms with Gasteiger partial charge in [0.2, 0.25) is 17.8 Å². The van der Waals surface area contributed by atoms with Crippen LogP contribution < -0.4 is 26.5 Å². The molecule has 27 heavy (non-hydrogen) atoms. The lowest BCUT2D eigenvalue weighted by Gasteiger charge is -2.40. The summed E-state index contributed by atoms with van der Waals surface area (Å²) in [4.78, 5) is 25.7. The van der Waals surface area contributed by atoms with E-state index in [4.69, 9.17) is 4.74 Å². The van der Waals surface area contributed by atoms with Gasteiger partial charge in [-0.3, -0.25) is 20.3 Å². The number of para-hydroxylation sites is 1. The van der Waals surface area contributed by atoms with Gasteiger partial charge in [-0.25, -0.2) is 5.53 Å². The third kappa shape index (κ3) is 4.88. The molecule has 2 heterocycles. The van der Waals surface area contributed by atoms with E-state index in [-0.39, 0.29) is 42.1 Å². The second-order valence-corrected chi connectivity index (χ2v) is 7.66. The molecular formula is C18H26N6O3. The Kier molecular flexibility index (Phi) is 5.50. The molecule has 1 saturated heterocycles. The molecule has 4 N–H and O–H groups in total. The van der Waals surface area contributed by atoms with Gasteiger partial charge in [-0.15, -0.1) is 10.6 Å². The number of carbonyl (C=O) groups excluding carboxylic acids is 2. The number of rotatable bonds is 5. The third-order valence-corrected chi connectivity index (χ3v) is 4.42. The molecule has 0 aliphatic carbocycles. The molecule has 0 unspecified atom stereocenters. The van der Waals surface area contributed by atoms with E-state index in [1.54, 1.807) is 4.90 Å². The molecule has 3 rings (SSSR count). The van der Waals surface area contributed by atoms with E-state index in [0.717, 1.165) is 11.3 Å². The normalized spacial score (nSPS) is 16.7. The lowest BCUT2D eigenvalue weighted by Crippen LogP contribution is -2.56. The van der Waals surface area contributed by atoms with Gasteiger partial charge < -0.3 is 9.64 Å². The Morgan fingerprint density at radius 3 is 2.67 bits per heavy atom. The number of ether oxygens (including phenoxy) is 1. The topological polar surface area (TPSA) is 107 Å². The first-order valence-electron chi connectivity index (χ1n) is 9.00. The summed E-state index contributed by atoms with van der Waals surface area (Å²) in [6.45, 7) is 7.53. The largest absolute Gasteiger partial charge is 0.486 e. The Balaban J connectivity index is 1.42. The number of hydrogen-bond donors (Lipinski definition) is 4. The number of hydrazone groups is 1. The van der Waals surface area contributed by atoms with Crippen LogP contribution in [0.4, 0.5) is 0 Å². The van der Waals surface area contributed by atoms with E-state index in [1.165, 1.54) is 0 Å². The van der Waals surface area contributed by atoms with Crippen molar-refractivity contribution < 1.29 is 14.3 Å². The Labute approximate surface area is 158 Å².